The van der Waals surface area contributed by atoms with Crippen LogP contribution in [-0.4, -0.2) is 59.9 Å². The van der Waals surface area contributed by atoms with Crippen molar-refractivity contribution >= 4 is 29.9 Å². The van der Waals surface area contributed by atoms with E-state index < -0.39 is 0 Å². The molecule has 1 fully saturated rings. The van der Waals surface area contributed by atoms with E-state index in [9.17, 15) is 0 Å². The van der Waals surface area contributed by atoms with Crippen LogP contribution < -0.4 is 10.6 Å². The number of nitrogens with one attached hydrogen (secondary N) is 2. The number of hydrogen-bond acceptors (Lipinski definition) is 3. The van der Waals surface area contributed by atoms with Gasteiger partial charge < -0.3 is 15.5 Å². The van der Waals surface area contributed by atoms with E-state index in [-0.39, 0.29) is 24.0 Å². The van der Waals surface area contributed by atoms with E-state index in [0.29, 0.717) is 12.1 Å². The minimum atomic E-state index is 0. The van der Waals surface area contributed by atoms with Gasteiger partial charge in [0, 0.05) is 44.8 Å². The third-order valence-electron chi connectivity index (χ3n) is 4.86. The molecule has 6 nitrogen and oxygen atoms in total. The fraction of sp³-hybridized carbons (Fsp3) is 0.765. The van der Waals surface area contributed by atoms with E-state index in [1.54, 1.807) is 0 Å². The number of nitrogens with zero attached hydrogens (tertiary/aromatic N) is 4. The average Bonchev–Trinajstić information content (AvgIpc) is 2.92. The monoisotopic (exact) mass is 446 g/mol. The SMILES string of the molecule is CN=C(NCCN1CCC1)NC1CCc2cn(C(C)C)nc2C1.I. The van der Waals surface area contributed by atoms with Gasteiger partial charge in [-0.05, 0) is 51.8 Å². The lowest BCUT2D eigenvalue weighted by atomic mass is 9.94. The summed E-state index contributed by atoms with van der Waals surface area (Å²) in [5, 5.41) is 11.7. The maximum atomic E-state index is 4.75. The molecule has 2 N–H and O–H groups in total. The summed E-state index contributed by atoms with van der Waals surface area (Å²) in [4.78, 5) is 6.83. The van der Waals surface area contributed by atoms with Crippen molar-refractivity contribution in [2.24, 2.45) is 4.99 Å². The molecule has 1 aliphatic carbocycles. The number of rotatable bonds is 5. The van der Waals surface area contributed by atoms with Crippen molar-refractivity contribution < 1.29 is 0 Å². The summed E-state index contributed by atoms with van der Waals surface area (Å²) in [5.41, 5.74) is 2.66. The summed E-state index contributed by atoms with van der Waals surface area (Å²) < 4.78 is 2.09. The first-order chi connectivity index (χ1) is 11.2. The molecule has 0 amide bonds. The van der Waals surface area contributed by atoms with E-state index in [4.69, 9.17) is 5.10 Å². The van der Waals surface area contributed by atoms with E-state index in [1.165, 1.54) is 30.8 Å². The van der Waals surface area contributed by atoms with Crippen molar-refractivity contribution in [2.45, 2.75) is 51.6 Å². The van der Waals surface area contributed by atoms with Gasteiger partial charge in [-0.15, -0.1) is 24.0 Å². The van der Waals surface area contributed by atoms with Crippen molar-refractivity contribution in [1.82, 2.24) is 25.3 Å². The zero-order chi connectivity index (χ0) is 16.2. The second-order valence-electron chi connectivity index (χ2n) is 6.95. The molecule has 0 radical (unpaired) electrons. The Hall–Kier alpha value is -0.830. The highest BCUT2D eigenvalue weighted by molar-refractivity contribution is 14.0. The van der Waals surface area contributed by atoms with Crippen molar-refractivity contribution in [2.75, 3.05) is 33.2 Å². The van der Waals surface area contributed by atoms with Crippen LogP contribution in [0.15, 0.2) is 11.2 Å². The average molecular weight is 446 g/mol. The van der Waals surface area contributed by atoms with E-state index >= 15 is 0 Å². The van der Waals surface area contributed by atoms with Crippen LogP contribution in [0.1, 0.15) is 44.0 Å². The lowest BCUT2D eigenvalue weighted by molar-refractivity contribution is 0.185. The quantitative estimate of drug-likeness (QED) is 0.412. The standard InChI is InChI=1S/C17H30N6.HI/c1-13(2)23-12-14-5-6-15(11-16(14)21-23)20-17(18-3)19-7-10-22-8-4-9-22;/h12-13,15H,4-11H2,1-3H3,(H2,18,19,20);1H. The zero-order valence-electron chi connectivity index (χ0n) is 15.1. The molecule has 1 atom stereocenters. The van der Waals surface area contributed by atoms with Gasteiger partial charge in [0.1, 0.15) is 0 Å². The Morgan fingerprint density at radius 2 is 2.21 bits per heavy atom. The third kappa shape index (κ3) is 4.84. The summed E-state index contributed by atoms with van der Waals surface area (Å²) in [6.07, 6.45) is 6.80. The summed E-state index contributed by atoms with van der Waals surface area (Å²) in [6, 6.07) is 0.858. The van der Waals surface area contributed by atoms with E-state index in [2.05, 4.69) is 45.3 Å². The zero-order valence-corrected chi connectivity index (χ0v) is 17.4. The lowest BCUT2D eigenvalue weighted by Crippen LogP contribution is -2.48. The molecule has 3 rings (SSSR count). The topological polar surface area (TPSA) is 57.5 Å². The minimum Gasteiger partial charge on any atom is -0.355 e. The van der Waals surface area contributed by atoms with Gasteiger partial charge in [0.05, 0.1) is 5.69 Å². The van der Waals surface area contributed by atoms with Gasteiger partial charge in [0.2, 0.25) is 0 Å². The predicted molar refractivity (Wildman–Crippen MR) is 109 cm³/mol. The lowest BCUT2D eigenvalue weighted by Gasteiger charge is -2.31. The van der Waals surface area contributed by atoms with Crippen LogP contribution in [0.5, 0.6) is 0 Å². The maximum Gasteiger partial charge on any atom is 0.191 e. The van der Waals surface area contributed by atoms with Gasteiger partial charge >= 0.3 is 0 Å². The smallest absolute Gasteiger partial charge is 0.191 e. The molecule has 2 aliphatic rings. The molecule has 1 saturated heterocycles. The Balaban J connectivity index is 0.00000208. The van der Waals surface area contributed by atoms with Crippen molar-refractivity contribution in [1.29, 1.82) is 0 Å². The van der Waals surface area contributed by atoms with Gasteiger partial charge in [-0.25, -0.2) is 0 Å². The van der Waals surface area contributed by atoms with Crippen LogP contribution in [0.3, 0.4) is 0 Å². The number of fused-ring (bicyclic) bond motifs is 1. The molecular weight excluding hydrogens is 415 g/mol. The first-order valence-corrected chi connectivity index (χ1v) is 8.92. The molecule has 24 heavy (non-hydrogen) atoms. The second kappa shape index (κ2) is 9.03. The van der Waals surface area contributed by atoms with Crippen molar-refractivity contribution in [3.63, 3.8) is 0 Å². The van der Waals surface area contributed by atoms with Gasteiger partial charge in [-0.1, -0.05) is 0 Å². The highest BCUT2D eigenvalue weighted by atomic mass is 127. The third-order valence-corrected chi connectivity index (χ3v) is 4.86. The normalized spacial score (nSPS) is 21.0. The molecule has 1 aliphatic heterocycles. The van der Waals surface area contributed by atoms with Gasteiger partial charge in [-0.2, -0.15) is 5.10 Å². The molecule has 0 spiro atoms. The number of likely N-dealkylation sites (tertiary alicyclic amines) is 1. The molecular formula is C17H31IN6. The Bertz CT molecular complexity index is 549. The molecule has 1 aromatic rings. The highest BCUT2D eigenvalue weighted by Gasteiger charge is 2.23. The highest BCUT2D eigenvalue weighted by Crippen LogP contribution is 2.21. The summed E-state index contributed by atoms with van der Waals surface area (Å²) in [7, 11) is 1.85. The Morgan fingerprint density at radius 3 is 2.83 bits per heavy atom. The largest absolute Gasteiger partial charge is 0.355 e. The van der Waals surface area contributed by atoms with Crippen LogP contribution in [0.4, 0.5) is 0 Å². The van der Waals surface area contributed by atoms with Crippen LogP contribution in [0.25, 0.3) is 0 Å². The van der Waals surface area contributed by atoms with E-state index in [0.717, 1.165) is 38.3 Å². The molecule has 1 unspecified atom stereocenters. The Morgan fingerprint density at radius 1 is 1.42 bits per heavy atom. The first kappa shape index (κ1) is 19.5. The maximum absolute atomic E-state index is 4.75. The van der Waals surface area contributed by atoms with E-state index in [1.807, 2.05) is 7.05 Å². The molecule has 0 aromatic carbocycles. The fourth-order valence-electron chi connectivity index (χ4n) is 3.23. The number of halogens is 1. The minimum absolute atomic E-state index is 0. The molecule has 0 bridgehead atoms. The number of aliphatic imine (C=N–C) groups is 1. The summed E-state index contributed by atoms with van der Waals surface area (Å²) in [5.74, 6) is 0.919. The number of hydrogen-bond donors (Lipinski definition) is 2. The first-order valence-electron chi connectivity index (χ1n) is 8.92. The second-order valence-corrected chi connectivity index (χ2v) is 6.95. The van der Waals surface area contributed by atoms with Crippen LogP contribution >= 0.6 is 24.0 Å². The Kier molecular flexibility index (Phi) is 7.34. The van der Waals surface area contributed by atoms with Gasteiger partial charge in [0.15, 0.2) is 5.96 Å². The predicted octanol–water partition coefficient (Wildman–Crippen LogP) is 1.81. The molecule has 136 valence electrons. The molecule has 7 heteroatoms. The number of aryl methyl sites for hydroxylation is 1. The van der Waals surface area contributed by atoms with Crippen LogP contribution in [0, 0.1) is 0 Å². The fourth-order valence-corrected chi connectivity index (χ4v) is 3.23. The molecule has 1 aromatic heterocycles. The van der Waals surface area contributed by atoms with Crippen LogP contribution in [0.2, 0.25) is 0 Å². The van der Waals surface area contributed by atoms with Gasteiger partial charge in [-0.3, -0.25) is 9.67 Å². The molecule has 0 saturated carbocycles. The number of guanidine groups is 1. The van der Waals surface area contributed by atoms with Crippen molar-refractivity contribution in [3.8, 4) is 0 Å². The summed E-state index contributed by atoms with van der Waals surface area (Å²) in [6.45, 7) is 8.92. The van der Waals surface area contributed by atoms with Crippen LogP contribution in [-0.2, 0) is 12.8 Å². The van der Waals surface area contributed by atoms with Crippen molar-refractivity contribution in [3.05, 3.63) is 17.5 Å². The Labute approximate surface area is 162 Å². The molecule has 2 heterocycles. The number of aromatic nitrogens is 2. The van der Waals surface area contributed by atoms with Gasteiger partial charge in [0.25, 0.3) is 0 Å². The summed E-state index contributed by atoms with van der Waals surface area (Å²) >= 11 is 0.